The summed E-state index contributed by atoms with van der Waals surface area (Å²) in [5.41, 5.74) is 10.1. The minimum atomic E-state index is 0.192. The molecule has 2 heteroatoms. The van der Waals surface area contributed by atoms with Gasteiger partial charge < -0.3 is 5.73 Å². The van der Waals surface area contributed by atoms with E-state index in [1.807, 2.05) is 0 Å². The van der Waals surface area contributed by atoms with Gasteiger partial charge in [-0.1, -0.05) is 75.4 Å². The fraction of sp³-hybridized carbons (Fsp3) is 0.429. The summed E-state index contributed by atoms with van der Waals surface area (Å²) in [5.74, 6) is 0. The van der Waals surface area contributed by atoms with Crippen molar-refractivity contribution in [1.82, 2.24) is 4.90 Å². The molecule has 0 aliphatic heterocycles. The topological polar surface area (TPSA) is 29.3 Å². The third-order valence-corrected chi connectivity index (χ3v) is 4.41. The molecule has 124 valence electrons. The summed E-state index contributed by atoms with van der Waals surface area (Å²) in [4.78, 5) is 2.40. The van der Waals surface area contributed by atoms with Crippen molar-refractivity contribution in [2.45, 2.75) is 45.2 Å². The third-order valence-electron chi connectivity index (χ3n) is 4.41. The first-order valence-corrected chi connectivity index (χ1v) is 8.46. The predicted octanol–water partition coefficient (Wildman–Crippen LogP) is 4.51. The van der Waals surface area contributed by atoms with Crippen LogP contribution in [0.4, 0.5) is 0 Å². The molecule has 0 spiro atoms. The van der Waals surface area contributed by atoms with Gasteiger partial charge in [-0.2, -0.15) is 0 Å². The molecule has 0 saturated heterocycles. The molecule has 0 amide bonds. The van der Waals surface area contributed by atoms with E-state index in [2.05, 4.69) is 87.3 Å². The van der Waals surface area contributed by atoms with Crippen LogP contribution < -0.4 is 5.73 Å². The molecular formula is C21H30N2. The number of nitrogens with zero attached hydrogens (tertiary/aromatic N) is 1. The van der Waals surface area contributed by atoms with Crippen LogP contribution in [-0.4, -0.2) is 18.5 Å². The van der Waals surface area contributed by atoms with Crippen LogP contribution in [0.25, 0.3) is 0 Å². The van der Waals surface area contributed by atoms with Crippen LogP contribution in [-0.2, 0) is 12.0 Å². The second-order valence-electron chi connectivity index (χ2n) is 7.37. The molecular weight excluding hydrogens is 280 g/mol. The molecule has 0 radical (unpaired) electrons. The van der Waals surface area contributed by atoms with Crippen molar-refractivity contribution in [2.75, 3.05) is 13.6 Å². The monoisotopic (exact) mass is 310 g/mol. The smallest absolute Gasteiger partial charge is 0.0360 e. The van der Waals surface area contributed by atoms with E-state index in [1.165, 1.54) is 16.7 Å². The third kappa shape index (κ3) is 4.92. The van der Waals surface area contributed by atoms with Crippen LogP contribution >= 0.6 is 0 Å². The lowest BCUT2D eigenvalue weighted by molar-refractivity contribution is 0.227. The zero-order valence-corrected chi connectivity index (χ0v) is 14.9. The first kappa shape index (κ1) is 17.7. The Morgan fingerprint density at radius 1 is 0.957 bits per heavy atom. The van der Waals surface area contributed by atoms with E-state index in [-0.39, 0.29) is 5.41 Å². The molecule has 0 aliphatic carbocycles. The number of rotatable bonds is 6. The zero-order valence-electron chi connectivity index (χ0n) is 14.9. The van der Waals surface area contributed by atoms with Crippen LogP contribution in [0.2, 0.25) is 0 Å². The maximum absolute atomic E-state index is 5.87. The van der Waals surface area contributed by atoms with Gasteiger partial charge in [0.15, 0.2) is 0 Å². The van der Waals surface area contributed by atoms with Crippen molar-refractivity contribution in [3.63, 3.8) is 0 Å². The van der Waals surface area contributed by atoms with E-state index in [4.69, 9.17) is 5.73 Å². The molecule has 23 heavy (non-hydrogen) atoms. The molecule has 2 rings (SSSR count). The largest absolute Gasteiger partial charge is 0.330 e. The molecule has 1 unspecified atom stereocenters. The molecule has 0 bridgehead atoms. The second kappa shape index (κ2) is 7.76. The summed E-state index contributed by atoms with van der Waals surface area (Å²) < 4.78 is 0. The van der Waals surface area contributed by atoms with E-state index in [0.717, 1.165) is 13.0 Å². The summed E-state index contributed by atoms with van der Waals surface area (Å²) in [6.45, 7) is 8.39. The van der Waals surface area contributed by atoms with Crippen molar-refractivity contribution in [1.29, 1.82) is 0 Å². The first-order chi connectivity index (χ1) is 10.9. The molecule has 2 aromatic rings. The highest BCUT2D eigenvalue weighted by molar-refractivity contribution is 5.29. The fourth-order valence-electron chi connectivity index (χ4n) is 2.99. The Morgan fingerprint density at radius 3 is 2.09 bits per heavy atom. The van der Waals surface area contributed by atoms with E-state index >= 15 is 0 Å². The molecule has 2 nitrogen and oxygen atoms in total. The van der Waals surface area contributed by atoms with Crippen LogP contribution in [0, 0.1) is 0 Å². The average Bonchev–Trinajstić information content (AvgIpc) is 2.53. The lowest BCUT2D eigenvalue weighted by atomic mass is 9.86. The number of hydrogen-bond donors (Lipinski definition) is 1. The summed E-state index contributed by atoms with van der Waals surface area (Å²) in [5, 5.41) is 0. The van der Waals surface area contributed by atoms with Gasteiger partial charge in [0.25, 0.3) is 0 Å². The number of nitrogens with two attached hydrogens (primary N) is 1. The summed E-state index contributed by atoms with van der Waals surface area (Å²) in [6.07, 6.45) is 0.970. The molecule has 2 aromatic carbocycles. The highest BCUT2D eigenvalue weighted by Crippen LogP contribution is 2.28. The van der Waals surface area contributed by atoms with E-state index in [0.29, 0.717) is 12.6 Å². The van der Waals surface area contributed by atoms with Crippen molar-refractivity contribution in [3.8, 4) is 0 Å². The van der Waals surface area contributed by atoms with Gasteiger partial charge >= 0.3 is 0 Å². The lowest BCUT2D eigenvalue weighted by Gasteiger charge is -2.29. The van der Waals surface area contributed by atoms with E-state index in [9.17, 15) is 0 Å². The van der Waals surface area contributed by atoms with Gasteiger partial charge in [0.1, 0.15) is 0 Å². The van der Waals surface area contributed by atoms with Gasteiger partial charge in [-0.05, 0) is 42.1 Å². The summed E-state index contributed by atoms with van der Waals surface area (Å²) in [7, 11) is 2.19. The fourth-order valence-corrected chi connectivity index (χ4v) is 2.99. The molecule has 0 saturated carbocycles. The minimum absolute atomic E-state index is 0.192. The Balaban J connectivity index is 2.17. The van der Waals surface area contributed by atoms with Crippen molar-refractivity contribution >= 4 is 0 Å². The van der Waals surface area contributed by atoms with Gasteiger partial charge in [-0.25, -0.2) is 0 Å². The number of hydrogen-bond acceptors (Lipinski definition) is 2. The molecule has 2 N–H and O–H groups in total. The zero-order chi connectivity index (χ0) is 16.9. The number of benzene rings is 2. The highest BCUT2D eigenvalue weighted by atomic mass is 15.1. The molecule has 0 aromatic heterocycles. The van der Waals surface area contributed by atoms with Gasteiger partial charge in [-0.3, -0.25) is 4.90 Å². The Bertz CT molecular complexity index is 581. The SMILES string of the molecule is CN(Cc1ccccc1)C(CCN)c1ccc(C(C)(C)C)cc1. The predicted molar refractivity (Wildman–Crippen MR) is 99.5 cm³/mol. The minimum Gasteiger partial charge on any atom is -0.330 e. The second-order valence-corrected chi connectivity index (χ2v) is 7.37. The van der Waals surface area contributed by atoms with Crippen LogP contribution in [0.5, 0.6) is 0 Å². The van der Waals surface area contributed by atoms with Crippen LogP contribution in [0.15, 0.2) is 54.6 Å². The lowest BCUT2D eigenvalue weighted by Crippen LogP contribution is -2.26. The summed E-state index contributed by atoms with van der Waals surface area (Å²) in [6, 6.07) is 20.0. The first-order valence-electron chi connectivity index (χ1n) is 8.46. The Labute approximate surface area is 141 Å². The van der Waals surface area contributed by atoms with E-state index in [1.54, 1.807) is 0 Å². The average molecular weight is 310 g/mol. The maximum atomic E-state index is 5.87. The summed E-state index contributed by atoms with van der Waals surface area (Å²) >= 11 is 0. The highest BCUT2D eigenvalue weighted by Gasteiger charge is 2.18. The van der Waals surface area contributed by atoms with Gasteiger partial charge in [-0.15, -0.1) is 0 Å². The Kier molecular flexibility index (Phi) is 5.97. The normalized spacial score (nSPS) is 13.3. The van der Waals surface area contributed by atoms with Crippen molar-refractivity contribution in [3.05, 3.63) is 71.3 Å². The van der Waals surface area contributed by atoms with Gasteiger partial charge in [0.2, 0.25) is 0 Å². The van der Waals surface area contributed by atoms with E-state index < -0.39 is 0 Å². The maximum Gasteiger partial charge on any atom is 0.0360 e. The van der Waals surface area contributed by atoms with Crippen molar-refractivity contribution in [2.24, 2.45) is 5.73 Å². The molecule has 0 aliphatic rings. The van der Waals surface area contributed by atoms with Crippen LogP contribution in [0.3, 0.4) is 0 Å². The van der Waals surface area contributed by atoms with Gasteiger partial charge in [0, 0.05) is 12.6 Å². The molecule has 0 heterocycles. The van der Waals surface area contributed by atoms with Crippen LogP contribution in [0.1, 0.15) is 49.9 Å². The standard InChI is InChI=1S/C21H30N2/c1-21(2,3)19-12-10-18(11-13-19)20(14-15-22)23(4)16-17-8-6-5-7-9-17/h5-13,20H,14-16,22H2,1-4H3. The van der Waals surface area contributed by atoms with Gasteiger partial charge in [0.05, 0.1) is 0 Å². The Hall–Kier alpha value is -1.64. The Morgan fingerprint density at radius 2 is 1.57 bits per heavy atom. The molecule has 1 atom stereocenters. The molecule has 0 fully saturated rings. The van der Waals surface area contributed by atoms with Crippen molar-refractivity contribution < 1.29 is 0 Å². The quantitative estimate of drug-likeness (QED) is 0.851.